The molecule has 2 aromatic heterocycles. The van der Waals surface area contributed by atoms with Crippen LogP contribution in [0.2, 0.25) is 0 Å². The van der Waals surface area contributed by atoms with E-state index in [0.717, 1.165) is 29.8 Å². The Morgan fingerprint density at radius 1 is 1.31 bits per heavy atom. The molecule has 0 bridgehead atoms. The minimum absolute atomic E-state index is 0.0477. The summed E-state index contributed by atoms with van der Waals surface area (Å²) in [5.74, 6) is -0.362. The van der Waals surface area contributed by atoms with Gasteiger partial charge in [-0.05, 0) is 18.6 Å². The summed E-state index contributed by atoms with van der Waals surface area (Å²) in [6.45, 7) is 3.07. The van der Waals surface area contributed by atoms with Crippen molar-refractivity contribution in [2.24, 2.45) is 0 Å². The fraction of sp³-hybridized carbons (Fsp3) is 0.316. The van der Waals surface area contributed by atoms with E-state index in [1.165, 1.54) is 6.07 Å². The van der Waals surface area contributed by atoms with Crippen LogP contribution in [0.1, 0.15) is 40.7 Å². The van der Waals surface area contributed by atoms with Gasteiger partial charge in [-0.3, -0.25) is 15.0 Å². The number of aromatic amines is 2. The number of aromatic nitrogens is 4. The van der Waals surface area contributed by atoms with Crippen molar-refractivity contribution in [3.8, 4) is 11.3 Å². The number of halogens is 1. The molecule has 0 spiro atoms. The van der Waals surface area contributed by atoms with E-state index >= 15 is 0 Å². The molecule has 26 heavy (non-hydrogen) atoms. The quantitative estimate of drug-likeness (QED) is 0.757. The predicted molar refractivity (Wildman–Crippen MR) is 95.0 cm³/mol. The number of aryl methyl sites for hydroxylation is 1. The average molecular weight is 353 g/mol. The summed E-state index contributed by atoms with van der Waals surface area (Å²) in [6.07, 6.45) is 3.98. The molecule has 3 aromatic rings. The van der Waals surface area contributed by atoms with Crippen molar-refractivity contribution in [3.63, 3.8) is 0 Å². The summed E-state index contributed by atoms with van der Waals surface area (Å²) in [7, 11) is 0. The third-order valence-electron chi connectivity index (χ3n) is 4.80. The fourth-order valence-electron chi connectivity index (χ4n) is 3.45. The molecule has 134 valence electrons. The molecule has 1 aromatic carbocycles. The molecular formula is C19H20FN5O. The minimum atomic E-state index is -0.315. The Morgan fingerprint density at radius 2 is 2.15 bits per heavy atom. The van der Waals surface area contributed by atoms with E-state index in [-0.39, 0.29) is 11.7 Å². The van der Waals surface area contributed by atoms with Crippen LogP contribution < -0.4 is 0 Å². The number of hydrogen-bond donors (Lipinski definition) is 2. The number of fused-ring (bicyclic) bond motifs is 1. The van der Waals surface area contributed by atoms with Crippen molar-refractivity contribution < 1.29 is 9.18 Å². The van der Waals surface area contributed by atoms with E-state index in [1.54, 1.807) is 29.3 Å². The summed E-state index contributed by atoms with van der Waals surface area (Å²) >= 11 is 0. The number of carbonyl (C=O) groups excluding carboxylic acids is 1. The van der Waals surface area contributed by atoms with Crippen LogP contribution in [0, 0.1) is 5.82 Å². The fourth-order valence-corrected chi connectivity index (χ4v) is 3.45. The molecule has 0 saturated carbocycles. The van der Waals surface area contributed by atoms with Crippen LogP contribution in [-0.4, -0.2) is 37.7 Å². The van der Waals surface area contributed by atoms with Gasteiger partial charge in [0.1, 0.15) is 11.5 Å². The molecular weight excluding hydrogens is 333 g/mol. The summed E-state index contributed by atoms with van der Waals surface area (Å²) in [5.41, 5.74) is 4.37. The van der Waals surface area contributed by atoms with Gasteiger partial charge in [-0.15, -0.1) is 0 Å². The van der Waals surface area contributed by atoms with Crippen LogP contribution in [-0.2, 0) is 19.4 Å². The summed E-state index contributed by atoms with van der Waals surface area (Å²) in [4.78, 5) is 14.7. The Bertz CT molecular complexity index is 945. The summed E-state index contributed by atoms with van der Waals surface area (Å²) < 4.78 is 14.2. The number of nitrogens with one attached hydrogen (secondary N) is 2. The average Bonchev–Trinajstić information content (AvgIpc) is 3.28. The van der Waals surface area contributed by atoms with Crippen LogP contribution in [0.4, 0.5) is 4.39 Å². The number of rotatable bonds is 4. The third-order valence-corrected chi connectivity index (χ3v) is 4.80. The third kappa shape index (κ3) is 2.79. The Hall–Kier alpha value is -2.96. The highest BCUT2D eigenvalue weighted by Crippen LogP contribution is 2.30. The van der Waals surface area contributed by atoms with Gasteiger partial charge in [0, 0.05) is 42.0 Å². The maximum Gasteiger partial charge on any atom is 0.257 e. The minimum Gasteiger partial charge on any atom is -0.334 e. The van der Waals surface area contributed by atoms with E-state index < -0.39 is 0 Å². The van der Waals surface area contributed by atoms with Gasteiger partial charge in [0.2, 0.25) is 0 Å². The molecule has 7 heteroatoms. The summed E-state index contributed by atoms with van der Waals surface area (Å²) in [6, 6.07) is 6.57. The second kappa shape index (κ2) is 6.74. The Morgan fingerprint density at radius 3 is 2.96 bits per heavy atom. The van der Waals surface area contributed by atoms with Crippen LogP contribution in [0.3, 0.4) is 0 Å². The number of H-pyrrole nitrogens is 2. The summed E-state index contributed by atoms with van der Waals surface area (Å²) in [5, 5.41) is 14.3. The zero-order chi connectivity index (χ0) is 18.1. The van der Waals surface area contributed by atoms with Crippen molar-refractivity contribution in [2.75, 3.05) is 6.54 Å². The lowest BCUT2D eigenvalue weighted by molar-refractivity contribution is 0.0733. The Labute approximate surface area is 150 Å². The molecule has 0 atom stereocenters. The van der Waals surface area contributed by atoms with Gasteiger partial charge in [-0.1, -0.05) is 25.5 Å². The number of nitrogens with zero attached hydrogens (tertiary/aromatic N) is 3. The van der Waals surface area contributed by atoms with Crippen molar-refractivity contribution in [3.05, 3.63) is 58.8 Å². The Kier molecular flexibility index (Phi) is 4.28. The van der Waals surface area contributed by atoms with Gasteiger partial charge < -0.3 is 4.90 Å². The van der Waals surface area contributed by atoms with Crippen LogP contribution >= 0.6 is 0 Å². The molecule has 3 heterocycles. The molecule has 2 N–H and O–H groups in total. The van der Waals surface area contributed by atoms with Gasteiger partial charge in [-0.2, -0.15) is 10.2 Å². The standard InChI is InChI=1S/C19H20FN5O/c1-2-5-16-13(10-21-22-16)19(26)25-9-8-17-14(11-25)18(24-23-17)12-6-3-4-7-15(12)20/h3-4,6-7,10H,2,5,8-9,11H2,1H3,(H,21,22)(H,23,24). The maximum absolute atomic E-state index is 14.2. The zero-order valence-electron chi connectivity index (χ0n) is 14.6. The lowest BCUT2D eigenvalue weighted by Crippen LogP contribution is -2.36. The van der Waals surface area contributed by atoms with Crippen molar-refractivity contribution >= 4 is 5.91 Å². The number of benzene rings is 1. The molecule has 0 fully saturated rings. The molecule has 0 saturated heterocycles. The first-order chi connectivity index (χ1) is 12.7. The van der Waals surface area contributed by atoms with E-state index in [9.17, 15) is 9.18 Å². The number of hydrogen-bond acceptors (Lipinski definition) is 3. The highest BCUT2D eigenvalue weighted by Gasteiger charge is 2.28. The van der Waals surface area contributed by atoms with E-state index in [2.05, 4.69) is 27.3 Å². The Balaban J connectivity index is 1.64. The van der Waals surface area contributed by atoms with Gasteiger partial charge in [0.05, 0.1) is 11.8 Å². The SMILES string of the molecule is CCCc1[nH]ncc1C(=O)N1CCc2[nH]nc(-c3ccccc3F)c2C1. The second-order valence-electron chi connectivity index (χ2n) is 6.50. The van der Waals surface area contributed by atoms with Gasteiger partial charge in [0.15, 0.2) is 0 Å². The van der Waals surface area contributed by atoms with E-state index in [0.29, 0.717) is 36.3 Å². The highest BCUT2D eigenvalue weighted by atomic mass is 19.1. The van der Waals surface area contributed by atoms with Gasteiger partial charge >= 0.3 is 0 Å². The zero-order valence-corrected chi connectivity index (χ0v) is 14.6. The monoisotopic (exact) mass is 353 g/mol. The lowest BCUT2D eigenvalue weighted by atomic mass is 10.00. The van der Waals surface area contributed by atoms with Crippen LogP contribution in [0.15, 0.2) is 30.5 Å². The molecule has 6 nitrogen and oxygen atoms in total. The van der Waals surface area contributed by atoms with Crippen LogP contribution in [0.25, 0.3) is 11.3 Å². The lowest BCUT2D eigenvalue weighted by Gasteiger charge is -2.27. The second-order valence-corrected chi connectivity index (χ2v) is 6.50. The highest BCUT2D eigenvalue weighted by molar-refractivity contribution is 5.95. The first-order valence-corrected chi connectivity index (χ1v) is 8.81. The predicted octanol–water partition coefficient (Wildman–Crippen LogP) is 3.09. The molecule has 1 aliphatic heterocycles. The number of amides is 1. The normalized spacial score (nSPS) is 13.7. The van der Waals surface area contributed by atoms with E-state index in [1.807, 2.05) is 0 Å². The molecule has 1 amide bonds. The van der Waals surface area contributed by atoms with E-state index in [4.69, 9.17) is 0 Å². The number of carbonyl (C=O) groups is 1. The van der Waals surface area contributed by atoms with Crippen molar-refractivity contribution in [1.82, 2.24) is 25.3 Å². The van der Waals surface area contributed by atoms with Crippen LogP contribution in [0.5, 0.6) is 0 Å². The van der Waals surface area contributed by atoms with Gasteiger partial charge in [-0.25, -0.2) is 4.39 Å². The largest absolute Gasteiger partial charge is 0.334 e. The van der Waals surface area contributed by atoms with Crippen molar-refractivity contribution in [1.29, 1.82) is 0 Å². The topological polar surface area (TPSA) is 77.7 Å². The first kappa shape index (κ1) is 16.5. The van der Waals surface area contributed by atoms with Gasteiger partial charge in [0.25, 0.3) is 5.91 Å². The molecule has 1 aliphatic rings. The molecule has 4 rings (SSSR count). The smallest absolute Gasteiger partial charge is 0.257 e. The first-order valence-electron chi connectivity index (χ1n) is 8.81. The molecule has 0 radical (unpaired) electrons. The maximum atomic E-state index is 14.2. The molecule has 0 unspecified atom stereocenters. The molecule has 0 aliphatic carbocycles. The van der Waals surface area contributed by atoms with Crippen molar-refractivity contribution in [2.45, 2.75) is 32.7 Å².